The molecule has 0 amide bonds. The predicted octanol–water partition coefficient (Wildman–Crippen LogP) is 2.74. The van der Waals surface area contributed by atoms with Crippen molar-refractivity contribution in [3.8, 4) is 0 Å². The van der Waals surface area contributed by atoms with Crippen molar-refractivity contribution in [2.75, 3.05) is 40.5 Å². The summed E-state index contributed by atoms with van der Waals surface area (Å²) in [4.78, 5) is 2.35. The molecule has 120 valence electrons. The van der Waals surface area contributed by atoms with Gasteiger partial charge in [0.1, 0.15) is 0 Å². The Morgan fingerprint density at radius 3 is 2.52 bits per heavy atom. The van der Waals surface area contributed by atoms with Gasteiger partial charge in [-0.15, -0.1) is 0 Å². The van der Waals surface area contributed by atoms with E-state index in [1.165, 1.54) is 11.1 Å². The summed E-state index contributed by atoms with van der Waals surface area (Å²) in [5.74, 6) is 0. The summed E-state index contributed by atoms with van der Waals surface area (Å²) in [6, 6.07) is 6.86. The fourth-order valence-electron chi connectivity index (χ4n) is 2.50. The second-order valence-electron chi connectivity index (χ2n) is 5.30. The van der Waals surface area contributed by atoms with Crippen molar-refractivity contribution in [1.82, 2.24) is 4.90 Å². The molecule has 1 aromatic carbocycles. The number of benzene rings is 1. The highest BCUT2D eigenvalue weighted by Gasteiger charge is 2.24. The molecular formula is C16H27BrN2O2. The molecule has 2 N–H and O–H groups in total. The summed E-state index contributed by atoms with van der Waals surface area (Å²) in [7, 11) is 3.45. The van der Waals surface area contributed by atoms with Gasteiger partial charge in [0.25, 0.3) is 0 Å². The Labute approximate surface area is 136 Å². The minimum absolute atomic E-state index is 0.155. The Balaban J connectivity index is 3.00. The molecule has 21 heavy (non-hydrogen) atoms. The van der Waals surface area contributed by atoms with Gasteiger partial charge in [-0.1, -0.05) is 28.1 Å². The van der Waals surface area contributed by atoms with Crippen molar-refractivity contribution >= 4 is 15.9 Å². The molecule has 1 aromatic rings. The molecule has 0 saturated heterocycles. The van der Waals surface area contributed by atoms with Crippen molar-refractivity contribution in [1.29, 1.82) is 0 Å². The first-order valence-corrected chi connectivity index (χ1v) is 8.04. The second-order valence-corrected chi connectivity index (χ2v) is 6.15. The average Bonchev–Trinajstić information content (AvgIpc) is 2.47. The Hall–Kier alpha value is -0.460. The van der Waals surface area contributed by atoms with Crippen molar-refractivity contribution in [3.05, 3.63) is 33.8 Å². The minimum atomic E-state index is 0.155. The van der Waals surface area contributed by atoms with Gasteiger partial charge in [-0.25, -0.2) is 0 Å². The number of aryl methyl sites for hydroxylation is 1. The summed E-state index contributed by atoms with van der Waals surface area (Å²) < 4.78 is 11.7. The summed E-state index contributed by atoms with van der Waals surface area (Å²) in [6.45, 7) is 6.99. The number of ether oxygens (including phenoxy) is 2. The highest BCUT2D eigenvalue weighted by Crippen LogP contribution is 2.26. The standard InChI is InChI=1S/C16H27BrN2O2/c1-12-5-6-14(9-15(12)17)16(10-18)19(7-8-20-3)13(2)11-21-4/h5-6,9,13,16H,7-8,10-11,18H2,1-4H3. The van der Waals surface area contributed by atoms with E-state index in [-0.39, 0.29) is 12.1 Å². The van der Waals surface area contributed by atoms with E-state index in [0.29, 0.717) is 19.8 Å². The highest BCUT2D eigenvalue weighted by molar-refractivity contribution is 9.10. The molecule has 0 spiro atoms. The molecule has 0 aromatic heterocycles. The number of halogens is 1. The second kappa shape index (κ2) is 9.54. The number of hydrogen-bond donors (Lipinski definition) is 1. The summed E-state index contributed by atoms with van der Waals surface area (Å²) >= 11 is 3.60. The zero-order valence-electron chi connectivity index (χ0n) is 13.4. The zero-order valence-corrected chi connectivity index (χ0v) is 15.0. The third kappa shape index (κ3) is 5.34. The zero-order chi connectivity index (χ0) is 15.8. The molecule has 0 aliphatic rings. The summed E-state index contributed by atoms with van der Waals surface area (Å²) in [5, 5.41) is 0. The van der Waals surface area contributed by atoms with Crippen LogP contribution in [0.2, 0.25) is 0 Å². The van der Waals surface area contributed by atoms with Gasteiger partial charge in [-0.3, -0.25) is 4.90 Å². The molecule has 5 heteroatoms. The van der Waals surface area contributed by atoms with E-state index < -0.39 is 0 Å². The average molecular weight is 359 g/mol. The van der Waals surface area contributed by atoms with E-state index >= 15 is 0 Å². The molecule has 2 unspecified atom stereocenters. The maximum Gasteiger partial charge on any atom is 0.0615 e. The molecule has 0 heterocycles. The largest absolute Gasteiger partial charge is 0.383 e. The molecule has 4 nitrogen and oxygen atoms in total. The third-order valence-corrected chi connectivity index (χ3v) is 4.59. The van der Waals surface area contributed by atoms with Gasteiger partial charge in [0.2, 0.25) is 0 Å². The van der Waals surface area contributed by atoms with E-state index in [9.17, 15) is 0 Å². The lowest BCUT2D eigenvalue weighted by Crippen LogP contribution is -2.44. The first kappa shape index (κ1) is 18.6. The fourth-order valence-corrected chi connectivity index (χ4v) is 2.89. The van der Waals surface area contributed by atoms with E-state index in [0.717, 1.165) is 11.0 Å². The van der Waals surface area contributed by atoms with Crippen LogP contribution in [0.15, 0.2) is 22.7 Å². The van der Waals surface area contributed by atoms with Crippen molar-refractivity contribution < 1.29 is 9.47 Å². The van der Waals surface area contributed by atoms with E-state index in [1.54, 1.807) is 14.2 Å². The normalized spacial score (nSPS) is 14.4. The first-order valence-electron chi connectivity index (χ1n) is 7.24. The Bertz CT molecular complexity index is 429. The van der Waals surface area contributed by atoms with E-state index in [1.807, 2.05) is 0 Å². The van der Waals surface area contributed by atoms with Crippen molar-refractivity contribution in [3.63, 3.8) is 0 Å². The molecule has 0 aliphatic heterocycles. The molecule has 0 saturated carbocycles. The molecular weight excluding hydrogens is 332 g/mol. The smallest absolute Gasteiger partial charge is 0.0615 e. The monoisotopic (exact) mass is 358 g/mol. The Morgan fingerprint density at radius 1 is 1.29 bits per heavy atom. The molecule has 2 atom stereocenters. The molecule has 0 bridgehead atoms. The number of nitrogens with zero attached hydrogens (tertiary/aromatic N) is 1. The molecule has 0 fully saturated rings. The van der Waals surface area contributed by atoms with Crippen LogP contribution in [0.1, 0.15) is 24.1 Å². The van der Waals surface area contributed by atoms with Gasteiger partial charge in [0.15, 0.2) is 0 Å². The van der Waals surface area contributed by atoms with E-state index in [2.05, 4.69) is 52.9 Å². The van der Waals surface area contributed by atoms with Gasteiger partial charge >= 0.3 is 0 Å². The summed E-state index contributed by atoms with van der Waals surface area (Å²) in [5.41, 5.74) is 8.50. The van der Waals surface area contributed by atoms with Gasteiger partial charge in [0, 0.05) is 43.9 Å². The first-order chi connectivity index (χ1) is 10.0. The van der Waals surface area contributed by atoms with Crippen LogP contribution >= 0.6 is 15.9 Å². The highest BCUT2D eigenvalue weighted by atomic mass is 79.9. The lowest BCUT2D eigenvalue weighted by Gasteiger charge is -2.36. The van der Waals surface area contributed by atoms with Gasteiger partial charge in [-0.05, 0) is 31.0 Å². The minimum Gasteiger partial charge on any atom is -0.383 e. The van der Waals surface area contributed by atoms with Crippen LogP contribution in [-0.4, -0.2) is 51.5 Å². The number of nitrogens with two attached hydrogens (primary N) is 1. The Morgan fingerprint density at radius 2 is 2.00 bits per heavy atom. The molecule has 0 aliphatic carbocycles. The van der Waals surface area contributed by atoms with Crippen LogP contribution in [0.25, 0.3) is 0 Å². The van der Waals surface area contributed by atoms with Crippen LogP contribution in [-0.2, 0) is 9.47 Å². The molecule has 0 radical (unpaired) electrons. The number of rotatable bonds is 9. The quantitative estimate of drug-likeness (QED) is 0.737. The number of hydrogen-bond acceptors (Lipinski definition) is 4. The van der Waals surface area contributed by atoms with Crippen LogP contribution in [0.3, 0.4) is 0 Å². The van der Waals surface area contributed by atoms with Crippen LogP contribution in [0.4, 0.5) is 0 Å². The van der Waals surface area contributed by atoms with Crippen LogP contribution in [0.5, 0.6) is 0 Å². The lowest BCUT2D eigenvalue weighted by molar-refractivity contribution is 0.0486. The summed E-state index contributed by atoms with van der Waals surface area (Å²) in [6.07, 6.45) is 0. The van der Waals surface area contributed by atoms with Crippen molar-refractivity contribution in [2.24, 2.45) is 5.73 Å². The van der Waals surface area contributed by atoms with E-state index in [4.69, 9.17) is 15.2 Å². The van der Waals surface area contributed by atoms with Gasteiger partial charge in [-0.2, -0.15) is 0 Å². The van der Waals surface area contributed by atoms with Crippen LogP contribution in [0, 0.1) is 6.92 Å². The number of methoxy groups -OCH3 is 2. The topological polar surface area (TPSA) is 47.7 Å². The lowest BCUT2D eigenvalue weighted by atomic mass is 10.0. The SMILES string of the molecule is COCCN(C(C)COC)C(CN)c1ccc(C)c(Br)c1. The van der Waals surface area contributed by atoms with Crippen LogP contribution < -0.4 is 5.73 Å². The predicted molar refractivity (Wildman–Crippen MR) is 90.6 cm³/mol. The Kier molecular flexibility index (Phi) is 8.44. The maximum atomic E-state index is 6.06. The van der Waals surface area contributed by atoms with Crippen molar-refractivity contribution in [2.45, 2.75) is 25.9 Å². The van der Waals surface area contributed by atoms with Gasteiger partial charge in [0.05, 0.1) is 13.2 Å². The third-order valence-electron chi connectivity index (χ3n) is 3.73. The maximum absolute atomic E-state index is 6.06. The fraction of sp³-hybridized carbons (Fsp3) is 0.625. The van der Waals surface area contributed by atoms with Gasteiger partial charge < -0.3 is 15.2 Å². The molecule has 1 rings (SSSR count).